The second kappa shape index (κ2) is 8.13. The Bertz CT molecular complexity index is 964. The van der Waals surface area contributed by atoms with Gasteiger partial charge in [0.2, 0.25) is 0 Å². The molecule has 4 heteroatoms. The lowest BCUT2D eigenvalue weighted by Crippen LogP contribution is -2.63. The molecular formula is C24H20O3Si. The molecule has 0 heterocycles. The van der Waals surface area contributed by atoms with Crippen LogP contribution in [-0.4, -0.2) is 13.4 Å². The minimum Gasteiger partial charge on any atom is -0.514 e. The lowest BCUT2D eigenvalue weighted by atomic mass is 10.3. The van der Waals surface area contributed by atoms with Gasteiger partial charge in [0.1, 0.15) is 17.2 Å². The molecule has 0 fully saturated rings. The maximum absolute atomic E-state index is 11.6. The zero-order valence-corrected chi connectivity index (χ0v) is 16.2. The molecule has 4 aromatic rings. The van der Waals surface area contributed by atoms with E-state index in [1.165, 1.54) is 0 Å². The first-order chi connectivity index (χ1) is 13.7. The predicted octanol–water partition coefficient (Wildman–Crippen LogP) is 4.11. The first-order valence-corrected chi connectivity index (χ1v) is 10.9. The molecule has 0 atom stereocenters. The van der Waals surface area contributed by atoms with E-state index in [9.17, 15) is 4.80 Å². The molecule has 0 aliphatic carbocycles. The summed E-state index contributed by atoms with van der Waals surface area (Å²) in [5, 5.41) is 1.59. The molecule has 0 radical (unpaired) electrons. The van der Waals surface area contributed by atoms with Crippen LogP contribution in [0.5, 0.6) is 17.2 Å². The van der Waals surface area contributed by atoms with Crippen LogP contribution in [-0.2, 0) is 0 Å². The van der Waals surface area contributed by atoms with Crippen LogP contribution in [0.25, 0.3) is 0 Å². The number of rotatable bonds is 6. The average molecular weight is 385 g/mol. The molecule has 1 N–H and O–H groups in total. The van der Waals surface area contributed by atoms with E-state index in [0.29, 0.717) is 11.5 Å². The largest absolute Gasteiger partial charge is 0.514 e. The second-order valence-electron chi connectivity index (χ2n) is 6.36. The highest BCUT2D eigenvalue weighted by atomic mass is 28.4. The van der Waals surface area contributed by atoms with E-state index in [-0.39, 0.29) is 0 Å². The van der Waals surface area contributed by atoms with E-state index in [2.05, 4.69) is 0 Å². The molecule has 28 heavy (non-hydrogen) atoms. The van der Waals surface area contributed by atoms with Gasteiger partial charge in [0, 0.05) is 10.4 Å². The monoisotopic (exact) mass is 384 g/mol. The van der Waals surface area contributed by atoms with Gasteiger partial charge in [-0.3, -0.25) is 0 Å². The summed E-state index contributed by atoms with van der Waals surface area (Å²) in [4.78, 5) is 11.6. The first-order valence-electron chi connectivity index (χ1n) is 9.09. The van der Waals surface area contributed by atoms with Gasteiger partial charge in [-0.15, -0.1) is 0 Å². The average Bonchev–Trinajstić information content (AvgIpc) is 2.77. The molecule has 0 aliphatic heterocycles. The Hall–Kier alpha value is -3.34. The Morgan fingerprint density at radius 1 is 0.464 bits per heavy atom. The fourth-order valence-electron chi connectivity index (χ4n) is 2.98. The summed E-state index contributed by atoms with van der Waals surface area (Å²) in [5.41, 5.74) is 0. The van der Waals surface area contributed by atoms with Crippen molar-refractivity contribution < 1.29 is 14.0 Å². The quantitative estimate of drug-likeness (QED) is 0.509. The summed E-state index contributed by atoms with van der Waals surface area (Å²) >= 11 is 0. The van der Waals surface area contributed by atoms with E-state index in [4.69, 9.17) is 9.16 Å². The summed E-state index contributed by atoms with van der Waals surface area (Å²) in [5.74, 6) is 2.08. The number of ether oxygens (including phenoxy) is 1. The number of para-hydroxylation sites is 1. The maximum atomic E-state index is 11.6. The lowest BCUT2D eigenvalue weighted by molar-refractivity contribution is 0.408. The summed E-state index contributed by atoms with van der Waals surface area (Å²) in [6.07, 6.45) is 0. The number of hydrogen-bond donors (Lipinski definition) is 1. The van der Waals surface area contributed by atoms with Crippen LogP contribution in [0.1, 0.15) is 0 Å². The van der Waals surface area contributed by atoms with E-state index in [0.717, 1.165) is 16.1 Å². The van der Waals surface area contributed by atoms with Crippen molar-refractivity contribution >= 4 is 18.9 Å². The van der Waals surface area contributed by atoms with Gasteiger partial charge in [-0.1, -0.05) is 78.9 Å². The van der Waals surface area contributed by atoms with E-state index < -0.39 is 8.56 Å². The molecule has 3 nitrogen and oxygen atoms in total. The van der Waals surface area contributed by atoms with Crippen LogP contribution in [0.15, 0.2) is 115 Å². The molecule has 0 bridgehead atoms. The third kappa shape index (κ3) is 3.98. The van der Waals surface area contributed by atoms with Crippen molar-refractivity contribution in [1.82, 2.24) is 0 Å². The fourth-order valence-corrected chi connectivity index (χ4v) is 5.32. The van der Waals surface area contributed by atoms with Gasteiger partial charge in [0.25, 0.3) is 0 Å². The van der Waals surface area contributed by atoms with Gasteiger partial charge in [0.05, 0.1) is 0 Å². The standard InChI is InChI=1S/C24H20O3Si/c25-28(23-12-6-2-7-13-23,24-14-8-3-9-15-24)27-22-18-16-21(17-19-22)26-20-10-4-1-5-11-20/h1-19,25H. The van der Waals surface area contributed by atoms with Crippen molar-refractivity contribution in [2.24, 2.45) is 0 Å². The molecule has 0 saturated carbocycles. The molecule has 138 valence electrons. The SMILES string of the molecule is O[Si](Oc1ccc(Oc2ccccc2)cc1)(c1ccccc1)c1ccccc1. The highest BCUT2D eigenvalue weighted by molar-refractivity contribution is 6.92. The number of hydrogen-bond acceptors (Lipinski definition) is 3. The van der Waals surface area contributed by atoms with Crippen LogP contribution >= 0.6 is 0 Å². The third-order valence-corrected chi connectivity index (χ3v) is 7.16. The van der Waals surface area contributed by atoms with Gasteiger partial charge in [-0.25, -0.2) is 0 Å². The van der Waals surface area contributed by atoms with Crippen molar-refractivity contribution in [2.75, 3.05) is 0 Å². The normalized spacial score (nSPS) is 11.0. The molecular weight excluding hydrogens is 364 g/mol. The number of benzene rings is 4. The van der Waals surface area contributed by atoms with E-state index in [1.54, 1.807) is 0 Å². The van der Waals surface area contributed by atoms with Crippen molar-refractivity contribution in [1.29, 1.82) is 0 Å². The van der Waals surface area contributed by atoms with Crippen LogP contribution in [0.2, 0.25) is 0 Å². The Morgan fingerprint density at radius 2 is 0.857 bits per heavy atom. The first kappa shape index (κ1) is 18.0. The van der Waals surface area contributed by atoms with Gasteiger partial charge >= 0.3 is 8.56 Å². The minimum atomic E-state index is -3.37. The molecule has 0 aromatic heterocycles. The molecule has 0 amide bonds. The molecule has 0 aliphatic rings. The predicted molar refractivity (Wildman–Crippen MR) is 114 cm³/mol. The second-order valence-corrected chi connectivity index (χ2v) is 9.01. The summed E-state index contributed by atoms with van der Waals surface area (Å²) < 4.78 is 12.0. The minimum absolute atomic E-state index is 0.599. The van der Waals surface area contributed by atoms with E-state index >= 15 is 0 Å². The summed E-state index contributed by atoms with van der Waals surface area (Å²) in [6, 6.07) is 36.1. The van der Waals surface area contributed by atoms with Crippen LogP contribution in [0.3, 0.4) is 0 Å². The molecule has 4 aromatic carbocycles. The van der Waals surface area contributed by atoms with Crippen molar-refractivity contribution in [3.05, 3.63) is 115 Å². The third-order valence-electron chi connectivity index (χ3n) is 4.40. The zero-order chi connectivity index (χ0) is 19.2. The smallest absolute Gasteiger partial charge is 0.465 e. The topological polar surface area (TPSA) is 38.7 Å². The summed E-state index contributed by atoms with van der Waals surface area (Å²) in [6.45, 7) is 0. The summed E-state index contributed by atoms with van der Waals surface area (Å²) in [7, 11) is -3.37. The van der Waals surface area contributed by atoms with Gasteiger partial charge in [0.15, 0.2) is 0 Å². The molecule has 0 spiro atoms. The highest BCUT2D eigenvalue weighted by Gasteiger charge is 2.41. The molecule has 0 unspecified atom stereocenters. The Labute approximate surface area is 165 Å². The van der Waals surface area contributed by atoms with Gasteiger partial charge < -0.3 is 14.0 Å². The van der Waals surface area contributed by atoms with Crippen LogP contribution < -0.4 is 19.5 Å². The maximum Gasteiger partial charge on any atom is 0.465 e. The highest BCUT2D eigenvalue weighted by Crippen LogP contribution is 2.24. The van der Waals surface area contributed by atoms with Crippen molar-refractivity contribution in [2.45, 2.75) is 0 Å². The van der Waals surface area contributed by atoms with Crippen molar-refractivity contribution in [3.8, 4) is 17.2 Å². The Kier molecular flexibility index (Phi) is 5.24. The van der Waals surface area contributed by atoms with E-state index in [1.807, 2.05) is 115 Å². The van der Waals surface area contributed by atoms with Crippen LogP contribution in [0, 0.1) is 0 Å². The lowest BCUT2D eigenvalue weighted by Gasteiger charge is -2.26. The van der Waals surface area contributed by atoms with Crippen LogP contribution in [0.4, 0.5) is 0 Å². The molecule has 4 rings (SSSR count). The Balaban J connectivity index is 1.61. The van der Waals surface area contributed by atoms with Crippen molar-refractivity contribution in [3.63, 3.8) is 0 Å². The Morgan fingerprint density at radius 3 is 1.36 bits per heavy atom. The zero-order valence-electron chi connectivity index (χ0n) is 15.2. The fraction of sp³-hybridized carbons (Fsp3) is 0. The van der Waals surface area contributed by atoms with Gasteiger partial charge in [-0.2, -0.15) is 0 Å². The molecule has 0 saturated heterocycles. The van der Waals surface area contributed by atoms with Gasteiger partial charge in [-0.05, 0) is 36.4 Å².